The number of rotatable bonds is 10. The SMILES string of the molecule is Cc1cc(C(=O)CCC(=O)NCC(=O)N[C@@H](CC(C)C)C(=O)O)c(C)s1. The predicted molar refractivity (Wildman–Crippen MR) is 99.4 cm³/mol. The number of ketones is 1. The van der Waals surface area contributed by atoms with Crippen LogP contribution in [0.3, 0.4) is 0 Å². The molecule has 0 saturated heterocycles. The molecule has 0 saturated carbocycles. The van der Waals surface area contributed by atoms with E-state index in [1.165, 1.54) is 11.3 Å². The molecule has 7 nitrogen and oxygen atoms in total. The summed E-state index contributed by atoms with van der Waals surface area (Å²) >= 11 is 1.54. The Morgan fingerprint density at radius 2 is 1.77 bits per heavy atom. The second kappa shape index (κ2) is 10.1. The molecule has 1 atom stereocenters. The van der Waals surface area contributed by atoms with Crippen LogP contribution >= 0.6 is 11.3 Å². The summed E-state index contributed by atoms with van der Waals surface area (Å²) in [4.78, 5) is 48.8. The molecule has 0 unspecified atom stereocenters. The van der Waals surface area contributed by atoms with Crippen LogP contribution in [0.4, 0.5) is 0 Å². The Morgan fingerprint density at radius 1 is 1.12 bits per heavy atom. The number of hydrogen-bond donors (Lipinski definition) is 3. The van der Waals surface area contributed by atoms with Crippen LogP contribution in [-0.4, -0.2) is 41.3 Å². The smallest absolute Gasteiger partial charge is 0.326 e. The molecule has 1 heterocycles. The number of nitrogens with one attached hydrogen (secondary N) is 2. The third kappa shape index (κ3) is 7.35. The van der Waals surface area contributed by atoms with E-state index in [0.717, 1.165) is 9.75 Å². The summed E-state index contributed by atoms with van der Waals surface area (Å²) in [7, 11) is 0. The summed E-state index contributed by atoms with van der Waals surface area (Å²) in [6.45, 7) is 7.19. The van der Waals surface area contributed by atoms with Crippen LogP contribution in [0.25, 0.3) is 0 Å². The molecule has 0 aromatic carbocycles. The Labute approximate surface area is 157 Å². The van der Waals surface area contributed by atoms with Gasteiger partial charge in [-0.1, -0.05) is 13.8 Å². The van der Waals surface area contributed by atoms with Crippen molar-refractivity contribution in [2.45, 2.75) is 53.0 Å². The van der Waals surface area contributed by atoms with Gasteiger partial charge in [0, 0.05) is 28.2 Å². The third-order valence-electron chi connectivity index (χ3n) is 3.71. The number of Topliss-reactive ketones (excluding diaryl/α,β-unsaturated/α-hetero) is 1. The van der Waals surface area contributed by atoms with Crippen LogP contribution in [-0.2, 0) is 14.4 Å². The fourth-order valence-corrected chi connectivity index (χ4v) is 3.42. The maximum absolute atomic E-state index is 12.1. The van der Waals surface area contributed by atoms with E-state index in [1.807, 2.05) is 33.8 Å². The first-order valence-corrected chi connectivity index (χ1v) is 9.30. The number of aliphatic carboxylic acids is 1. The highest BCUT2D eigenvalue weighted by molar-refractivity contribution is 7.12. The molecule has 144 valence electrons. The number of aryl methyl sites for hydroxylation is 2. The summed E-state index contributed by atoms with van der Waals surface area (Å²) in [5, 5.41) is 13.9. The number of carboxylic acid groups (broad SMARTS) is 1. The van der Waals surface area contributed by atoms with Crippen LogP contribution < -0.4 is 10.6 Å². The van der Waals surface area contributed by atoms with E-state index in [-0.39, 0.29) is 31.1 Å². The molecule has 0 bridgehead atoms. The van der Waals surface area contributed by atoms with Crippen molar-refractivity contribution in [3.8, 4) is 0 Å². The molecular weight excluding hydrogens is 356 g/mol. The summed E-state index contributed by atoms with van der Waals surface area (Å²) in [5.74, 6) is -2.09. The fourth-order valence-electron chi connectivity index (χ4n) is 2.47. The lowest BCUT2D eigenvalue weighted by molar-refractivity contribution is -0.142. The molecule has 0 aliphatic rings. The minimum atomic E-state index is -1.11. The van der Waals surface area contributed by atoms with Crippen LogP contribution in [0.1, 0.15) is 53.2 Å². The van der Waals surface area contributed by atoms with Gasteiger partial charge in [0.2, 0.25) is 11.8 Å². The second-order valence-electron chi connectivity index (χ2n) is 6.61. The molecule has 1 rings (SSSR count). The van der Waals surface area contributed by atoms with E-state index < -0.39 is 23.8 Å². The Morgan fingerprint density at radius 3 is 2.27 bits per heavy atom. The first-order chi connectivity index (χ1) is 12.1. The number of carboxylic acids is 1. The minimum Gasteiger partial charge on any atom is -0.480 e. The molecule has 1 aromatic rings. The highest BCUT2D eigenvalue weighted by Gasteiger charge is 2.21. The van der Waals surface area contributed by atoms with Crippen LogP contribution in [0.2, 0.25) is 0 Å². The van der Waals surface area contributed by atoms with Gasteiger partial charge in [0.15, 0.2) is 5.78 Å². The van der Waals surface area contributed by atoms with E-state index in [1.54, 1.807) is 0 Å². The van der Waals surface area contributed by atoms with Crippen LogP contribution in [0.15, 0.2) is 6.07 Å². The van der Waals surface area contributed by atoms with Gasteiger partial charge in [-0.2, -0.15) is 0 Å². The molecule has 0 spiro atoms. The number of hydrogen-bond acceptors (Lipinski definition) is 5. The topological polar surface area (TPSA) is 113 Å². The van der Waals surface area contributed by atoms with Crippen molar-refractivity contribution in [1.82, 2.24) is 10.6 Å². The first-order valence-electron chi connectivity index (χ1n) is 8.49. The van der Waals surface area contributed by atoms with Gasteiger partial charge in [0.1, 0.15) is 6.04 Å². The van der Waals surface area contributed by atoms with Gasteiger partial charge >= 0.3 is 5.97 Å². The minimum absolute atomic E-state index is 0.0190. The number of thiophene rings is 1. The number of carbonyl (C=O) groups excluding carboxylic acids is 3. The maximum Gasteiger partial charge on any atom is 0.326 e. The van der Waals surface area contributed by atoms with Gasteiger partial charge in [-0.3, -0.25) is 14.4 Å². The van der Waals surface area contributed by atoms with Crippen molar-refractivity contribution in [3.63, 3.8) is 0 Å². The monoisotopic (exact) mass is 382 g/mol. The van der Waals surface area contributed by atoms with Crippen molar-refractivity contribution < 1.29 is 24.3 Å². The summed E-state index contributed by atoms with van der Waals surface area (Å²) in [6, 6.07) is 0.833. The van der Waals surface area contributed by atoms with Gasteiger partial charge in [0.05, 0.1) is 6.54 Å². The normalized spacial score (nSPS) is 11.9. The van der Waals surface area contributed by atoms with Gasteiger partial charge < -0.3 is 15.7 Å². The van der Waals surface area contributed by atoms with Crippen molar-refractivity contribution in [2.24, 2.45) is 5.92 Å². The molecule has 1 aromatic heterocycles. The number of carbonyl (C=O) groups is 4. The Hall–Kier alpha value is -2.22. The predicted octanol–water partition coefficient (Wildman–Crippen LogP) is 2.06. The van der Waals surface area contributed by atoms with Crippen molar-refractivity contribution in [3.05, 3.63) is 21.4 Å². The molecule has 0 aliphatic carbocycles. The zero-order valence-electron chi connectivity index (χ0n) is 15.5. The highest BCUT2D eigenvalue weighted by atomic mass is 32.1. The molecule has 0 radical (unpaired) electrons. The Bertz CT molecular complexity index is 681. The van der Waals surface area contributed by atoms with Crippen molar-refractivity contribution in [1.29, 1.82) is 0 Å². The van der Waals surface area contributed by atoms with Crippen molar-refractivity contribution >= 4 is 34.9 Å². The van der Waals surface area contributed by atoms with E-state index in [0.29, 0.717) is 12.0 Å². The quantitative estimate of drug-likeness (QED) is 0.536. The molecule has 8 heteroatoms. The van der Waals surface area contributed by atoms with Crippen LogP contribution in [0, 0.1) is 19.8 Å². The Kier molecular flexibility index (Phi) is 8.44. The molecule has 26 heavy (non-hydrogen) atoms. The zero-order valence-corrected chi connectivity index (χ0v) is 16.4. The van der Waals surface area contributed by atoms with Gasteiger partial charge in [-0.15, -0.1) is 11.3 Å². The van der Waals surface area contributed by atoms with E-state index in [4.69, 9.17) is 5.11 Å². The molecule has 0 aliphatic heterocycles. The van der Waals surface area contributed by atoms with E-state index >= 15 is 0 Å². The summed E-state index contributed by atoms with van der Waals surface area (Å²) in [5.41, 5.74) is 0.635. The fraction of sp³-hybridized carbons (Fsp3) is 0.556. The standard InChI is InChI=1S/C18H26N2O5S/c1-10(2)7-14(18(24)25)20-17(23)9-19-16(22)6-5-15(21)13-8-11(3)26-12(13)4/h8,10,14H,5-7,9H2,1-4H3,(H,19,22)(H,20,23)(H,24,25)/t14-/m0/s1. The zero-order chi connectivity index (χ0) is 19.9. The molecule has 3 N–H and O–H groups in total. The second-order valence-corrected chi connectivity index (χ2v) is 8.08. The maximum atomic E-state index is 12.1. The molecule has 0 fully saturated rings. The largest absolute Gasteiger partial charge is 0.480 e. The van der Waals surface area contributed by atoms with Gasteiger partial charge in [-0.05, 0) is 32.3 Å². The lowest BCUT2D eigenvalue weighted by Crippen LogP contribution is -2.46. The summed E-state index contributed by atoms with van der Waals surface area (Å²) in [6.07, 6.45) is 0.354. The lowest BCUT2D eigenvalue weighted by Gasteiger charge is -2.16. The number of amides is 2. The average Bonchev–Trinajstić information content (AvgIpc) is 2.88. The highest BCUT2D eigenvalue weighted by Crippen LogP contribution is 2.22. The average molecular weight is 382 g/mol. The van der Waals surface area contributed by atoms with E-state index in [9.17, 15) is 19.2 Å². The van der Waals surface area contributed by atoms with E-state index in [2.05, 4.69) is 10.6 Å². The van der Waals surface area contributed by atoms with Gasteiger partial charge in [-0.25, -0.2) is 4.79 Å². The van der Waals surface area contributed by atoms with Gasteiger partial charge in [0.25, 0.3) is 0 Å². The third-order valence-corrected chi connectivity index (χ3v) is 4.67. The summed E-state index contributed by atoms with van der Waals surface area (Å²) < 4.78 is 0. The lowest BCUT2D eigenvalue weighted by atomic mass is 10.0. The van der Waals surface area contributed by atoms with Crippen molar-refractivity contribution in [2.75, 3.05) is 6.54 Å². The molecular formula is C18H26N2O5S. The first kappa shape index (κ1) is 21.8. The van der Waals surface area contributed by atoms with Crippen LogP contribution in [0.5, 0.6) is 0 Å². The molecule has 2 amide bonds. The Balaban J connectivity index is 2.39.